The van der Waals surface area contributed by atoms with Crippen molar-refractivity contribution in [2.45, 2.75) is 27.2 Å². The van der Waals surface area contributed by atoms with E-state index in [0.717, 1.165) is 21.8 Å². The fourth-order valence-electron chi connectivity index (χ4n) is 2.34. The van der Waals surface area contributed by atoms with E-state index in [9.17, 15) is 4.79 Å². The normalized spacial score (nSPS) is 10.7. The van der Waals surface area contributed by atoms with Gasteiger partial charge < -0.3 is 10.6 Å². The molecule has 2 aromatic rings. The number of nitrogens with two attached hydrogens (primary N) is 1. The molecule has 1 amide bonds. The van der Waals surface area contributed by atoms with Gasteiger partial charge in [0.15, 0.2) is 0 Å². The predicted octanol–water partition coefficient (Wildman–Crippen LogP) is 2.93. The van der Waals surface area contributed by atoms with Crippen molar-refractivity contribution in [2.75, 3.05) is 18.0 Å². The van der Waals surface area contributed by atoms with Crippen LogP contribution in [0.25, 0.3) is 0 Å². The van der Waals surface area contributed by atoms with Crippen molar-refractivity contribution < 1.29 is 4.79 Å². The van der Waals surface area contributed by atoms with Crippen molar-refractivity contribution in [1.82, 2.24) is 4.98 Å². The van der Waals surface area contributed by atoms with E-state index in [2.05, 4.69) is 11.1 Å². The van der Waals surface area contributed by atoms with Crippen molar-refractivity contribution in [1.29, 1.82) is 0 Å². The maximum atomic E-state index is 12.7. The molecule has 0 atom stereocenters. The summed E-state index contributed by atoms with van der Waals surface area (Å²) in [6.07, 6.45) is 0.716. The number of anilines is 1. The summed E-state index contributed by atoms with van der Waals surface area (Å²) >= 11 is 1.49. The van der Waals surface area contributed by atoms with Crippen LogP contribution in [0.4, 0.5) is 5.69 Å². The van der Waals surface area contributed by atoms with E-state index in [1.807, 2.05) is 38.3 Å². The largest absolute Gasteiger partial charge is 0.330 e. The maximum Gasteiger partial charge on any atom is 0.277 e. The predicted molar refractivity (Wildman–Crippen MR) is 88.1 cm³/mol. The van der Waals surface area contributed by atoms with Gasteiger partial charge in [0.25, 0.3) is 5.91 Å². The molecule has 4 nitrogen and oxygen atoms in total. The van der Waals surface area contributed by atoms with Crippen LogP contribution >= 0.6 is 11.3 Å². The lowest BCUT2D eigenvalue weighted by Gasteiger charge is -2.21. The van der Waals surface area contributed by atoms with Crippen molar-refractivity contribution in [2.24, 2.45) is 5.73 Å². The Morgan fingerprint density at radius 2 is 1.95 bits per heavy atom. The minimum Gasteiger partial charge on any atom is -0.330 e. The number of aromatic nitrogens is 1. The molecule has 5 heteroatoms. The molecule has 0 aliphatic rings. The highest BCUT2D eigenvalue weighted by Gasteiger charge is 2.19. The highest BCUT2D eigenvalue weighted by Crippen LogP contribution is 2.21. The second-order valence-electron chi connectivity index (χ2n) is 5.06. The Labute approximate surface area is 129 Å². The fourth-order valence-corrected chi connectivity index (χ4v) is 3.12. The molecule has 0 bridgehead atoms. The van der Waals surface area contributed by atoms with Gasteiger partial charge in [-0.2, -0.15) is 0 Å². The zero-order valence-corrected chi connectivity index (χ0v) is 13.5. The molecule has 112 valence electrons. The maximum absolute atomic E-state index is 12.7. The number of carbonyl (C=O) groups excluding carboxylic acids is 1. The van der Waals surface area contributed by atoms with Crippen LogP contribution in [-0.4, -0.2) is 24.0 Å². The summed E-state index contributed by atoms with van der Waals surface area (Å²) in [4.78, 5) is 18.8. The van der Waals surface area contributed by atoms with E-state index in [1.165, 1.54) is 11.3 Å². The van der Waals surface area contributed by atoms with Crippen LogP contribution in [0.5, 0.6) is 0 Å². The third-order valence-electron chi connectivity index (χ3n) is 3.21. The number of carbonyl (C=O) groups is 1. The van der Waals surface area contributed by atoms with Crippen LogP contribution in [0, 0.1) is 13.8 Å². The fraction of sp³-hybridized carbons (Fsp3) is 0.375. The second kappa shape index (κ2) is 6.83. The molecule has 1 aromatic carbocycles. The van der Waals surface area contributed by atoms with Crippen LogP contribution in [0.2, 0.25) is 0 Å². The van der Waals surface area contributed by atoms with Gasteiger partial charge in [0, 0.05) is 24.0 Å². The van der Waals surface area contributed by atoms with Gasteiger partial charge >= 0.3 is 0 Å². The summed E-state index contributed by atoms with van der Waals surface area (Å²) in [6.45, 7) is 7.22. The minimum atomic E-state index is -0.0537. The standard InChI is InChI=1S/C16H21N3OS/c1-4-19(13-8-11(2)7-12(3)9-13)16(20)14-10-21-15(18-14)5-6-17/h7-10H,4-6,17H2,1-3H3. The molecule has 1 aromatic heterocycles. The van der Waals surface area contributed by atoms with Gasteiger partial charge in [-0.1, -0.05) is 6.07 Å². The van der Waals surface area contributed by atoms with Gasteiger partial charge in [-0.25, -0.2) is 4.98 Å². The van der Waals surface area contributed by atoms with E-state index in [4.69, 9.17) is 5.73 Å². The minimum absolute atomic E-state index is 0.0537. The third kappa shape index (κ3) is 3.68. The summed E-state index contributed by atoms with van der Waals surface area (Å²) in [5.41, 5.74) is 9.26. The summed E-state index contributed by atoms with van der Waals surface area (Å²) in [7, 11) is 0. The molecule has 0 fully saturated rings. The van der Waals surface area contributed by atoms with Crippen LogP contribution in [-0.2, 0) is 6.42 Å². The first-order valence-electron chi connectivity index (χ1n) is 7.09. The molecule has 0 saturated heterocycles. The van der Waals surface area contributed by atoms with Gasteiger partial charge in [-0.3, -0.25) is 4.79 Å². The van der Waals surface area contributed by atoms with Crippen LogP contribution in [0.3, 0.4) is 0 Å². The first kappa shape index (κ1) is 15.7. The quantitative estimate of drug-likeness (QED) is 0.924. The number of benzene rings is 1. The van der Waals surface area contributed by atoms with E-state index in [1.54, 1.807) is 4.90 Å². The molecular weight excluding hydrogens is 282 g/mol. The topological polar surface area (TPSA) is 59.2 Å². The highest BCUT2D eigenvalue weighted by molar-refractivity contribution is 7.09. The molecule has 0 aliphatic carbocycles. The van der Waals surface area contributed by atoms with Crippen molar-refractivity contribution in [3.05, 3.63) is 45.4 Å². The van der Waals surface area contributed by atoms with Gasteiger partial charge in [0.05, 0.1) is 5.01 Å². The Balaban J connectivity index is 2.28. The van der Waals surface area contributed by atoms with Gasteiger partial charge in [-0.05, 0) is 50.6 Å². The van der Waals surface area contributed by atoms with Crippen LogP contribution in [0.1, 0.15) is 33.5 Å². The Morgan fingerprint density at radius 3 is 2.52 bits per heavy atom. The van der Waals surface area contributed by atoms with E-state index in [0.29, 0.717) is 25.2 Å². The Kier molecular flexibility index (Phi) is 5.09. The molecule has 0 radical (unpaired) electrons. The number of rotatable bonds is 5. The zero-order valence-electron chi connectivity index (χ0n) is 12.7. The summed E-state index contributed by atoms with van der Waals surface area (Å²) < 4.78 is 0. The average molecular weight is 303 g/mol. The smallest absolute Gasteiger partial charge is 0.277 e. The molecule has 0 saturated carbocycles. The zero-order chi connectivity index (χ0) is 15.4. The van der Waals surface area contributed by atoms with Crippen LogP contribution in [0.15, 0.2) is 23.6 Å². The number of hydrogen-bond donors (Lipinski definition) is 1. The Morgan fingerprint density at radius 1 is 1.29 bits per heavy atom. The molecule has 0 aliphatic heterocycles. The summed E-state index contributed by atoms with van der Waals surface area (Å²) in [5, 5.41) is 2.73. The number of hydrogen-bond acceptors (Lipinski definition) is 4. The lowest BCUT2D eigenvalue weighted by Crippen LogP contribution is -2.31. The van der Waals surface area contributed by atoms with Gasteiger partial charge in [0.1, 0.15) is 5.69 Å². The molecule has 1 heterocycles. The lowest BCUT2D eigenvalue weighted by molar-refractivity contribution is 0.0984. The lowest BCUT2D eigenvalue weighted by atomic mass is 10.1. The highest BCUT2D eigenvalue weighted by atomic mass is 32.1. The molecule has 0 unspecified atom stereocenters. The van der Waals surface area contributed by atoms with E-state index >= 15 is 0 Å². The van der Waals surface area contributed by atoms with Gasteiger partial charge in [0.2, 0.25) is 0 Å². The average Bonchev–Trinajstić information content (AvgIpc) is 2.87. The Hall–Kier alpha value is -1.72. The Bertz CT molecular complexity index is 616. The molecular formula is C16H21N3OS. The SMILES string of the molecule is CCN(C(=O)c1csc(CCN)n1)c1cc(C)cc(C)c1. The molecule has 0 spiro atoms. The number of amides is 1. The van der Waals surface area contributed by atoms with Gasteiger partial charge in [-0.15, -0.1) is 11.3 Å². The van der Waals surface area contributed by atoms with E-state index < -0.39 is 0 Å². The summed E-state index contributed by atoms with van der Waals surface area (Å²) in [5.74, 6) is -0.0537. The monoisotopic (exact) mass is 303 g/mol. The number of nitrogens with zero attached hydrogens (tertiary/aromatic N) is 2. The van der Waals surface area contributed by atoms with Crippen LogP contribution < -0.4 is 10.6 Å². The molecule has 21 heavy (non-hydrogen) atoms. The summed E-state index contributed by atoms with van der Waals surface area (Å²) in [6, 6.07) is 6.16. The van der Waals surface area contributed by atoms with Crippen molar-refractivity contribution >= 4 is 22.9 Å². The first-order chi connectivity index (χ1) is 10.0. The first-order valence-corrected chi connectivity index (χ1v) is 7.97. The van der Waals surface area contributed by atoms with Crippen molar-refractivity contribution in [3.63, 3.8) is 0 Å². The number of aryl methyl sites for hydroxylation is 2. The van der Waals surface area contributed by atoms with E-state index in [-0.39, 0.29) is 5.91 Å². The third-order valence-corrected chi connectivity index (χ3v) is 4.12. The molecule has 2 rings (SSSR count). The van der Waals surface area contributed by atoms with Crippen molar-refractivity contribution in [3.8, 4) is 0 Å². The number of thiazole rings is 1. The second-order valence-corrected chi connectivity index (χ2v) is 6.00. The molecule has 2 N–H and O–H groups in total.